The van der Waals surface area contributed by atoms with Crippen LogP contribution in [0.3, 0.4) is 0 Å². The highest BCUT2D eigenvalue weighted by molar-refractivity contribution is 5.92. The maximum absolute atomic E-state index is 13.4. The van der Waals surface area contributed by atoms with E-state index >= 15 is 0 Å². The first-order valence-electron chi connectivity index (χ1n) is 8.89. The number of amides is 2. The molecule has 1 aliphatic heterocycles. The molecule has 1 fully saturated rings. The van der Waals surface area contributed by atoms with Crippen LogP contribution in [0.15, 0.2) is 17.8 Å². The van der Waals surface area contributed by atoms with E-state index in [1.165, 1.54) is 17.0 Å². The van der Waals surface area contributed by atoms with Crippen molar-refractivity contribution in [3.63, 3.8) is 0 Å². The number of rotatable bonds is 6. The Morgan fingerprint density at radius 1 is 1.33 bits per heavy atom. The number of likely N-dealkylation sites (tertiary alicyclic amines) is 1. The number of nitrogens with one attached hydrogen (secondary N) is 1. The normalized spacial score (nSPS) is 20.8. The molecule has 2 amide bonds. The fourth-order valence-corrected chi connectivity index (χ4v) is 2.85. The Hall–Kier alpha value is -2.39. The van der Waals surface area contributed by atoms with Crippen LogP contribution in [0.4, 0.5) is 13.2 Å². The van der Waals surface area contributed by atoms with Crippen LogP contribution >= 0.6 is 0 Å². The van der Waals surface area contributed by atoms with Crippen LogP contribution in [0.25, 0.3) is 0 Å². The van der Waals surface area contributed by atoms with E-state index < -0.39 is 36.5 Å². The van der Waals surface area contributed by atoms with Crippen molar-refractivity contribution in [2.75, 3.05) is 13.1 Å². The molecule has 0 bridgehead atoms. The van der Waals surface area contributed by atoms with Gasteiger partial charge in [0.2, 0.25) is 5.91 Å². The fourth-order valence-electron chi connectivity index (χ4n) is 2.85. The lowest BCUT2D eigenvalue weighted by Gasteiger charge is -2.21. The van der Waals surface area contributed by atoms with E-state index in [-0.39, 0.29) is 12.2 Å². The fraction of sp³-hybridized carbons (Fsp3) is 0.647. The monoisotopic (exact) mass is 387 g/mol. The van der Waals surface area contributed by atoms with Crippen molar-refractivity contribution in [1.29, 1.82) is 0 Å². The molecule has 2 atom stereocenters. The number of carbonyl (C=O) groups is 2. The van der Waals surface area contributed by atoms with E-state index in [0.717, 1.165) is 16.9 Å². The smallest absolute Gasteiger partial charge is 0.345 e. The Bertz CT molecular complexity index is 714. The second-order valence-electron chi connectivity index (χ2n) is 6.68. The molecule has 0 unspecified atom stereocenters. The molecule has 0 radical (unpaired) electrons. The van der Waals surface area contributed by atoms with Gasteiger partial charge in [-0.3, -0.25) is 14.3 Å². The first-order valence-corrected chi connectivity index (χ1v) is 8.89. The van der Waals surface area contributed by atoms with Crippen molar-refractivity contribution < 1.29 is 22.8 Å². The first kappa shape index (κ1) is 20.9. The number of hydrogen-bond donors (Lipinski definition) is 1. The van der Waals surface area contributed by atoms with Crippen LogP contribution in [0.1, 0.15) is 44.1 Å². The average Bonchev–Trinajstić information content (AvgIpc) is 3.21. The Morgan fingerprint density at radius 2 is 2.04 bits per heavy atom. The molecule has 7 nitrogen and oxygen atoms in total. The van der Waals surface area contributed by atoms with Crippen molar-refractivity contribution >= 4 is 11.8 Å². The lowest BCUT2D eigenvalue weighted by atomic mass is 10.0. The van der Waals surface area contributed by atoms with Gasteiger partial charge in [-0.2, -0.15) is 13.2 Å². The summed E-state index contributed by atoms with van der Waals surface area (Å²) in [7, 11) is 0. The minimum atomic E-state index is -4.53. The predicted octanol–water partition coefficient (Wildman–Crippen LogP) is 2.16. The summed E-state index contributed by atoms with van der Waals surface area (Å²) < 4.78 is 41.6. The van der Waals surface area contributed by atoms with Gasteiger partial charge < -0.3 is 10.2 Å². The maximum atomic E-state index is 13.4. The van der Waals surface area contributed by atoms with Gasteiger partial charge in [-0.1, -0.05) is 24.6 Å². The number of aryl methyl sites for hydroxylation is 1. The third-order valence-corrected chi connectivity index (χ3v) is 4.52. The van der Waals surface area contributed by atoms with Crippen molar-refractivity contribution in [3.8, 4) is 0 Å². The summed E-state index contributed by atoms with van der Waals surface area (Å²) >= 11 is 0. The molecule has 0 saturated carbocycles. The Labute approximate surface area is 155 Å². The number of halogens is 3. The van der Waals surface area contributed by atoms with Crippen LogP contribution in [-0.2, 0) is 11.3 Å². The van der Waals surface area contributed by atoms with Gasteiger partial charge in [-0.25, -0.2) is 0 Å². The van der Waals surface area contributed by atoms with Crippen molar-refractivity contribution in [2.45, 2.75) is 52.4 Å². The second-order valence-corrected chi connectivity index (χ2v) is 6.68. The SMILES string of the molecule is CCCn1cc(C(=O)N[C@@H]2CN(C(=O)C=C(C)CC)C[C@H]2C(F)(F)F)nn1. The second kappa shape index (κ2) is 8.53. The van der Waals surface area contributed by atoms with E-state index in [1.807, 2.05) is 13.8 Å². The van der Waals surface area contributed by atoms with Crippen molar-refractivity contribution in [2.24, 2.45) is 5.92 Å². The van der Waals surface area contributed by atoms with Crippen molar-refractivity contribution in [1.82, 2.24) is 25.2 Å². The number of aromatic nitrogens is 3. The zero-order valence-electron chi connectivity index (χ0n) is 15.6. The van der Waals surface area contributed by atoms with Crippen LogP contribution in [-0.4, -0.2) is 57.0 Å². The standard InChI is InChI=1S/C17H24F3N5O2/c1-4-6-25-10-14(22-23-25)16(27)21-13-9-24(8-12(13)17(18,19)20)15(26)7-11(3)5-2/h7,10,12-13H,4-6,8-9H2,1-3H3,(H,21,27)/t12-,13-/m1/s1. The lowest BCUT2D eigenvalue weighted by molar-refractivity contribution is -0.174. The first-order chi connectivity index (χ1) is 12.7. The molecule has 1 aromatic heterocycles. The van der Waals surface area contributed by atoms with Gasteiger partial charge in [0, 0.05) is 25.7 Å². The summed E-state index contributed by atoms with van der Waals surface area (Å²) in [5, 5.41) is 9.83. The number of alkyl halides is 3. The number of hydrogen-bond acceptors (Lipinski definition) is 4. The molecular weight excluding hydrogens is 363 g/mol. The molecule has 27 heavy (non-hydrogen) atoms. The number of nitrogens with zero attached hydrogens (tertiary/aromatic N) is 4. The van der Waals surface area contributed by atoms with Crippen molar-refractivity contribution in [3.05, 3.63) is 23.5 Å². The van der Waals surface area contributed by atoms with E-state index in [4.69, 9.17) is 0 Å². The molecule has 1 saturated heterocycles. The molecule has 2 rings (SSSR count). The van der Waals surface area contributed by atoms with Gasteiger partial charge in [0.1, 0.15) is 0 Å². The molecule has 1 N–H and O–H groups in total. The topological polar surface area (TPSA) is 80.1 Å². The Morgan fingerprint density at radius 3 is 2.63 bits per heavy atom. The van der Waals surface area contributed by atoms with Gasteiger partial charge >= 0.3 is 6.18 Å². The Balaban J connectivity index is 2.12. The molecule has 0 spiro atoms. The highest BCUT2D eigenvalue weighted by Gasteiger charge is 2.51. The highest BCUT2D eigenvalue weighted by atomic mass is 19.4. The van der Waals surface area contributed by atoms with Crippen LogP contribution in [0.2, 0.25) is 0 Å². The summed E-state index contributed by atoms with van der Waals surface area (Å²) in [5.74, 6) is -3.04. The minimum absolute atomic E-state index is 0.0455. The minimum Gasteiger partial charge on any atom is -0.345 e. The predicted molar refractivity (Wildman–Crippen MR) is 91.7 cm³/mol. The number of allylic oxidation sites excluding steroid dienone is 1. The quantitative estimate of drug-likeness (QED) is 0.759. The van der Waals surface area contributed by atoms with Crippen LogP contribution in [0.5, 0.6) is 0 Å². The summed E-state index contributed by atoms with van der Waals surface area (Å²) in [6.45, 7) is 5.40. The zero-order valence-corrected chi connectivity index (χ0v) is 15.6. The van der Waals surface area contributed by atoms with E-state index in [0.29, 0.717) is 13.0 Å². The largest absolute Gasteiger partial charge is 0.395 e. The summed E-state index contributed by atoms with van der Waals surface area (Å²) in [6.07, 6.45) is -0.377. The van der Waals surface area contributed by atoms with Gasteiger partial charge in [0.15, 0.2) is 5.69 Å². The molecule has 150 valence electrons. The molecule has 0 aromatic carbocycles. The average molecular weight is 387 g/mol. The molecule has 1 aromatic rings. The molecule has 0 aliphatic carbocycles. The van der Waals surface area contributed by atoms with Crippen LogP contribution in [0, 0.1) is 5.92 Å². The van der Waals surface area contributed by atoms with Gasteiger partial charge in [-0.05, 0) is 19.8 Å². The summed E-state index contributed by atoms with van der Waals surface area (Å²) in [6, 6.07) is -1.23. The Kier molecular flexibility index (Phi) is 6.61. The van der Waals surface area contributed by atoms with Gasteiger partial charge in [0.25, 0.3) is 5.91 Å². The van der Waals surface area contributed by atoms with E-state index in [2.05, 4.69) is 15.6 Å². The highest BCUT2D eigenvalue weighted by Crippen LogP contribution is 2.34. The van der Waals surface area contributed by atoms with E-state index in [1.54, 1.807) is 6.92 Å². The lowest BCUT2D eigenvalue weighted by Crippen LogP contribution is -2.45. The van der Waals surface area contributed by atoms with E-state index in [9.17, 15) is 22.8 Å². The molecule has 10 heteroatoms. The van der Waals surface area contributed by atoms with Gasteiger partial charge in [-0.15, -0.1) is 5.10 Å². The molecule has 1 aliphatic rings. The summed E-state index contributed by atoms with van der Waals surface area (Å²) in [5.41, 5.74) is 0.736. The molecular formula is C17H24F3N5O2. The molecule has 2 heterocycles. The van der Waals surface area contributed by atoms with Gasteiger partial charge in [0.05, 0.1) is 18.2 Å². The third-order valence-electron chi connectivity index (χ3n) is 4.52. The third kappa shape index (κ3) is 5.30. The zero-order chi connectivity index (χ0) is 20.2. The van der Waals surface area contributed by atoms with Crippen LogP contribution < -0.4 is 5.32 Å². The summed E-state index contributed by atoms with van der Waals surface area (Å²) in [4.78, 5) is 25.6. The number of carbonyl (C=O) groups excluding carboxylic acids is 2. The maximum Gasteiger partial charge on any atom is 0.395 e.